The van der Waals surface area contributed by atoms with Gasteiger partial charge in [0, 0.05) is 5.56 Å². The normalized spacial score (nSPS) is 10.2. The number of aromatic nitrogens is 3. The molecule has 0 aliphatic heterocycles. The van der Waals surface area contributed by atoms with E-state index in [0.717, 1.165) is 22.4 Å². The predicted octanol–water partition coefficient (Wildman–Crippen LogP) is 2.87. The number of hydrogen-bond donors (Lipinski definition) is 0. The van der Waals surface area contributed by atoms with Crippen molar-refractivity contribution in [3.63, 3.8) is 0 Å². The van der Waals surface area contributed by atoms with Crippen molar-refractivity contribution in [2.75, 3.05) is 7.11 Å². The Kier molecular flexibility index (Phi) is 3.84. The van der Waals surface area contributed by atoms with E-state index in [9.17, 15) is 0 Å². The molecule has 0 atom stereocenters. The second-order valence-electron chi connectivity index (χ2n) is 4.82. The third-order valence-corrected chi connectivity index (χ3v) is 3.38. The predicted molar refractivity (Wildman–Crippen MR) is 82.3 cm³/mol. The first kappa shape index (κ1) is 13.8. The number of nitrogens with zero attached hydrogens (tertiary/aromatic N) is 4. The van der Waals surface area contributed by atoms with E-state index in [1.165, 1.54) is 6.33 Å². The molecule has 5 heteroatoms. The molecule has 0 aliphatic rings. The number of ether oxygens (including phenoxy) is 1. The Hall–Kier alpha value is -3.13. The molecule has 0 N–H and O–H groups in total. The maximum absolute atomic E-state index is 9.06. The minimum absolute atomic E-state index is 0.626. The highest BCUT2D eigenvalue weighted by molar-refractivity contribution is 5.72. The fourth-order valence-electron chi connectivity index (χ4n) is 2.34. The Morgan fingerprint density at radius 2 is 2.14 bits per heavy atom. The number of nitriles is 1. The molecule has 22 heavy (non-hydrogen) atoms. The van der Waals surface area contributed by atoms with Crippen LogP contribution >= 0.6 is 0 Å². The van der Waals surface area contributed by atoms with Gasteiger partial charge in [-0.2, -0.15) is 10.4 Å². The first-order valence-electron chi connectivity index (χ1n) is 6.80. The minimum Gasteiger partial charge on any atom is -0.496 e. The molecule has 5 nitrogen and oxygen atoms in total. The van der Waals surface area contributed by atoms with Crippen molar-refractivity contribution in [3.8, 4) is 22.9 Å². The highest BCUT2D eigenvalue weighted by atomic mass is 16.5. The van der Waals surface area contributed by atoms with E-state index >= 15 is 0 Å². The lowest BCUT2D eigenvalue weighted by Crippen LogP contribution is -2.00. The van der Waals surface area contributed by atoms with Crippen LogP contribution in [0.3, 0.4) is 0 Å². The fraction of sp³-hybridized carbons (Fsp3) is 0.118. The molecule has 2 aromatic carbocycles. The van der Waals surface area contributed by atoms with Crippen molar-refractivity contribution in [2.45, 2.75) is 6.54 Å². The van der Waals surface area contributed by atoms with Gasteiger partial charge < -0.3 is 4.74 Å². The van der Waals surface area contributed by atoms with Gasteiger partial charge in [-0.15, -0.1) is 0 Å². The molecular formula is C17H14N4O. The maximum Gasteiger partial charge on any atom is 0.137 e. The second-order valence-corrected chi connectivity index (χ2v) is 4.82. The largest absolute Gasteiger partial charge is 0.496 e. The van der Waals surface area contributed by atoms with E-state index in [1.807, 2.05) is 30.3 Å². The summed E-state index contributed by atoms with van der Waals surface area (Å²) in [5.74, 6) is 0.775. The van der Waals surface area contributed by atoms with Crippen LogP contribution in [0.15, 0.2) is 55.1 Å². The van der Waals surface area contributed by atoms with E-state index in [-0.39, 0.29) is 0 Å². The summed E-state index contributed by atoms with van der Waals surface area (Å²) in [7, 11) is 1.64. The summed E-state index contributed by atoms with van der Waals surface area (Å²) in [5.41, 5.74) is 3.62. The second kappa shape index (κ2) is 6.10. The van der Waals surface area contributed by atoms with Gasteiger partial charge in [-0.25, -0.2) is 9.67 Å². The minimum atomic E-state index is 0.626. The fourth-order valence-corrected chi connectivity index (χ4v) is 2.34. The Balaban J connectivity index is 2.02. The third-order valence-electron chi connectivity index (χ3n) is 3.38. The van der Waals surface area contributed by atoms with Crippen molar-refractivity contribution in [2.24, 2.45) is 0 Å². The van der Waals surface area contributed by atoms with E-state index in [0.29, 0.717) is 12.1 Å². The summed E-state index contributed by atoms with van der Waals surface area (Å²) in [5, 5.41) is 13.2. The molecule has 0 amide bonds. The first-order valence-corrected chi connectivity index (χ1v) is 6.80. The van der Waals surface area contributed by atoms with Gasteiger partial charge in [0.15, 0.2) is 0 Å². The van der Waals surface area contributed by atoms with Gasteiger partial charge in [0.25, 0.3) is 0 Å². The molecule has 1 heterocycles. The van der Waals surface area contributed by atoms with Gasteiger partial charge in [0.2, 0.25) is 0 Å². The lowest BCUT2D eigenvalue weighted by atomic mass is 10.00. The lowest BCUT2D eigenvalue weighted by molar-refractivity contribution is 0.416. The van der Waals surface area contributed by atoms with Crippen LogP contribution in [-0.4, -0.2) is 21.9 Å². The monoisotopic (exact) mass is 290 g/mol. The van der Waals surface area contributed by atoms with Gasteiger partial charge in [0.05, 0.1) is 25.3 Å². The number of benzene rings is 2. The standard InChI is InChI=1S/C17H14N4O/c1-22-17-6-5-14(10-21-12-19-11-20-21)8-16(17)15-4-2-3-13(7-15)9-18/h2-8,11-12H,10H2,1H3. The topological polar surface area (TPSA) is 63.7 Å². The summed E-state index contributed by atoms with van der Waals surface area (Å²) < 4.78 is 7.21. The zero-order valence-corrected chi connectivity index (χ0v) is 12.1. The van der Waals surface area contributed by atoms with Crippen LogP contribution in [0.2, 0.25) is 0 Å². The first-order chi connectivity index (χ1) is 10.8. The Labute approximate surface area is 128 Å². The van der Waals surface area contributed by atoms with Crippen molar-refractivity contribution in [1.82, 2.24) is 14.8 Å². The molecule has 1 aromatic heterocycles. The number of hydrogen-bond acceptors (Lipinski definition) is 4. The maximum atomic E-state index is 9.06. The van der Waals surface area contributed by atoms with Gasteiger partial charge in [-0.1, -0.05) is 18.2 Å². The average molecular weight is 290 g/mol. The third kappa shape index (κ3) is 2.81. The Morgan fingerprint density at radius 3 is 2.86 bits per heavy atom. The molecule has 0 saturated heterocycles. The zero-order valence-electron chi connectivity index (χ0n) is 12.1. The van der Waals surface area contributed by atoms with Gasteiger partial charge >= 0.3 is 0 Å². The summed E-state index contributed by atoms with van der Waals surface area (Å²) in [6, 6.07) is 15.6. The Bertz CT molecular complexity index is 819. The van der Waals surface area contributed by atoms with Crippen LogP contribution in [0, 0.1) is 11.3 Å². The van der Waals surface area contributed by atoms with Gasteiger partial charge in [-0.3, -0.25) is 0 Å². The van der Waals surface area contributed by atoms with Crippen LogP contribution < -0.4 is 4.74 Å². The molecule has 108 valence electrons. The van der Waals surface area contributed by atoms with Crippen molar-refractivity contribution >= 4 is 0 Å². The van der Waals surface area contributed by atoms with Crippen LogP contribution in [0.5, 0.6) is 5.75 Å². The van der Waals surface area contributed by atoms with Gasteiger partial charge in [0.1, 0.15) is 18.4 Å². The van der Waals surface area contributed by atoms with Crippen molar-refractivity contribution in [1.29, 1.82) is 5.26 Å². The summed E-state index contributed by atoms with van der Waals surface area (Å²) in [6.07, 6.45) is 3.20. The van der Waals surface area contributed by atoms with Crippen LogP contribution in [0.25, 0.3) is 11.1 Å². The van der Waals surface area contributed by atoms with E-state index < -0.39 is 0 Å². The summed E-state index contributed by atoms with van der Waals surface area (Å²) in [4.78, 5) is 3.95. The molecule has 3 rings (SSSR count). The van der Waals surface area contributed by atoms with E-state index in [1.54, 1.807) is 24.2 Å². The Morgan fingerprint density at radius 1 is 1.23 bits per heavy atom. The lowest BCUT2D eigenvalue weighted by Gasteiger charge is -2.11. The average Bonchev–Trinajstić information content (AvgIpc) is 3.08. The highest BCUT2D eigenvalue weighted by Gasteiger charge is 2.08. The molecule has 0 unspecified atom stereocenters. The highest BCUT2D eigenvalue weighted by Crippen LogP contribution is 2.31. The summed E-state index contributed by atoms with van der Waals surface area (Å²) >= 11 is 0. The molecule has 3 aromatic rings. The smallest absolute Gasteiger partial charge is 0.137 e. The number of rotatable bonds is 4. The van der Waals surface area contributed by atoms with E-state index in [2.05, 4.69) is 22.2 Å². The number of methoxy groups -OCH3 is 1. The van der Waals surface area contributed by atoms with Crippen LogP contribution in [-0.2, 0) is 6.54 Å². The molecule has 0 radical (unpaired) electrons. The van der Waals surface area contributed by atoms with E-state index in [4.69, 9.17) is 10.00 Å². The van der Waals surface area contributed by atoms with Crippen LogP contribution in [0.4, 0.5) is 0 Å². The molecule has 0 saturated carbocycles. The molecule has 0 spiro atoms. The summed E-state index contributed by atoms with van der Waals surface area (Å²) in [6.45, 7) is 0.634. The molecule has 0 fully saturated rings. The van der Waals surface area contributed by atoms with Gasteiger partial charge in [-0.05, 0) is 35.4 Å². The molecule has 0 bridgehead atoms. The zero-order chi connectivity index (χ0) is 15.4. The van der Waals surface area contributed by atoms with Crippen molar-refractivity contribution in [3.05, 3.63) is 66.2 Å². The molecule has 0 aliphatic carbocycles. The van der Waals surface area contributed by atoms with Crippen LogP contribution in [0.1, 0.15) is 11.1 Å². The SMILES string of the molecule is COc1ccc(Cn2cncn2)cc1-c1cccc(C#N)c1. The van der Waals surface area contributed by atoms with Crippen molar-refractivity contribution < 1.29 is 4.74 Å². The quantitative estimate of drug-likeness (QED) is 0.741. The molecular weight excluding hydrogens is 276 g/mol.